The molecule has 0 saturated carbocycles. The Morgan fingerprint density at radius 3 is 2.87 bits per heavy atom. The number of likely N-dealkylation sites (tertiary alicyclic amines) is 1. The van der Waals surface area contributed by atoms with Crippen LogP contribution in [0.1, 0.15) is 72.2 Å². The molecule has 0 aliphatic carbocycles. The molecule has 2 aliphatic heterocycles. The number of rotatable bonds is 4. The maximum atomic E-state index is 12.9. The minimum Gasteiger partial charge on any atom is -0.334 e. The SMILES string of the molecule is CC[C@@H](C)C(=O)N1CCC[C@H]1c1nc2c(c(=O)[nH]1)CN(C(=O)c1ccncc1C)CC2. The van der Waals surface area contributed by atoms with Crippen molar-refractivity contribution in [2.45, 2.75) is 59.0 Å². The van der Waals surface area contributed by atoms with Crippen molar-refractivity contribution in [3.05, 3.63) is 57.0 Å². The lowest BCUT2D eigenvalue weighted by Crippen LogP contribution is -2.41. The quantitative estimate of drug-likeness (QED) is 0.814. The average Bonchev–Trinajstić information content (AvgIpc) is 3.27. The number of nitrogens with zero attached hydrogens (tertiary/aromatic N) is 4. The highest BCUT2D eigenvalue weighted by molar-refractivity contribution is 5.95. The molecule has 1 saturated heterocycles. The van der Waals surface area contributed by atoms with Gasteiger partial charge >= 0.3 is 0 Å². The predicted molar refractivity (Wildman–Crippen MR) is 115 cm³/mol. The summed E-state index contributed by atoms with van der Waals surface area (Å²) in [7, 11) is 0. The molecule has 2 amide bonds. The lowest BCUT2D eigenvalue weighted by Gasteiger charge is -2.30. The number of amides is 2. The van der Waals surface area contributed by atoms with Crippen LogP contribution < -0.4 is 5.56 Å². The minimum absolute atomic E-state index is 0.0406. The van der Waals surface area contributed by atoms with Gasteiger partial charge in [-0.25, -0.2) is 4.98 Å². The number of fused-ring (bicyclic) bond motifs is 1. The Balaban J connectivity index is 1.58. The summed E-state index contributed by atoms with van der Waals surface area (Å²) < 4.78 is 0. The third-order valence-electron chi connectivity index (χ3n) is 6.51. The maximum Gasteiger partial charge on any atom is 0.256 e. The molecule has 1 N–H and O–H groups in total. The lowest BCUT2D eigenvalue weighted by molar-refractivity contribution is -0.136. The van der Waals surface area contributed by atoms with Gasteiger partial charge in [-0.05, 0) is 37.8 Å². The number of hydrogen-bond donors (Lipinski definition) is 1. The van der Waals surface area contributed by atoms with Crippen LogP contribution in [0.5, 0.6) is 0 Å². The van der Waals surface area contributed by atoms with Gasteiger partial charge in [0.1, 0.15) is 5.82 Å². The van der Waals surface area contributed by atoms with E-state index in [1.54, 1.807) is 23.4 Å². The first-order valence-corrected chi connectivity index (χ1v) is 11.0. The number of pyridine rings is 1. The third-order valence-corrected chi connectivity index (χ3v) is 6.51. The van der Waals surface area contributed by atoms with Crippen molar-refractivity contribution in [3.8, 4) is 0 Å². The van der Waals surface area contributed by atoms with Gasteiger partial charge in [-0.3, -0.25) is 19.4 Å². The Labute approximate surface area is 181 Å². The zero-order valence-corrected chi connectivity index (χ0v) is 18.4. The normalized spacial score (nSPS) is 19.3. The molecule has 2 aromatic rings. The van der Waals surface area contributed by atoms with Gasteiger partial charge in [0.15, 0.2) is 0 Å². The molecule has 2 aromatic heterocycles. The summed E-state index contributed by atoms with van der Waals surface area (Å²) in [6, 6.07) is 1.53. The van der Waals surface area contributed by atoms with Crippen LogP contribution in [0.4, 0.5) is 0 Å². The monoisotopic (exact) mass is 423 g/mol. The van der Waals surface area contributed by atoms with Crippen LogP contribution in [0, 0.1) is 12.8 Å². The summed E-state index contributed by atoms with van der Waals surface area (Å²) >= 11 is 0. The summed E-state index contributed by atoms with van der Waals surface area (Å²) in [5, 5.41) is 0. The van der Waals surface area contributed by atoms with Gasteiger partial charge in [-0.15, -0.1) is 0 Å². The second kappa shape index (κ2) is 8.61. The predicted octanol–water partition coefficient (Wildman–Crippen LogP) is 2.38. The van der Waals surface area contributed by atoms with E-state index >= 15 is 0 Å². The lowest BCUT2D eigenvalue weighted by atomic mass is 10.0. The Morgan fingerprint density at radius 1 is 1.32 bits per heavy atom. The Bertz CT molecular complexity index is 1060. The number of aromatic amines is 1. The Hall–Kier alpha value is -3.03. The standard InChI is InChI=1S/C23H29N5O3/c1-4-14(2)22(30)28-10-5-6-19(28)20-25-18-8-11-27(13-17(18)21(29)26-20)23(31)16-7-9-24-12-15(16)3/h7,9,12,14,19H,4-6,8,10-11,13H2,1-3H3,(H,25,26,29)/t14-,19+/m1/s1. The summed E-state index contributed by atoms with van der Waals surface area (Å²) in [5.74, 6) is 0.550. The van der Waals surface area contributed by atoms with Gasteiger partial charge < -0.3 is 14.8 Å². The zero-order valence-electron chi connectivity index (χ0n) is 18.4. The van der Waals surface area contributed by atoms with Crippen molar-refractivity contribution in [1.82, 2.24) is 24.8 Å². The van der Waals surface area contributed by atoms with Crippen LogP contribution in [0.15, 0.2) is 23.3 Å². The number of aromatic nitrogens is 3. The molecule has 31 heavy (non-hydrogen) atoms. The molecule has 0 aromatic carbocycles. The van der Waals surface area contributed by atoms with E-state index in [1.165, 1.54) is 0 Å². The first-order chi connectivity index (χ1) is 14.9. The van der Waals surface area contributed by atoms with Crippen molar-refractivity contribution < 1.29 is 9.59 Å². The fourth-order valence-electron chi connectivity index (χ4n) is 4.43. The van der Waals surface area contributed by atoms with E-state index in [1.807, 2.05) is 25.7 Å². The molecule has 0 radical (unpaired) electrons. The number of H-pyrrole nitrogens is 1. The molecule has 2 aliphatic rings. The second-order valence-electron chi connectivity index (χ2n) is 8.54. The van der Waals surface area contributed by atoms with Gasteiger partial charge in [0.25, 0.3) is 11.5 Å². The molecule has 164 valence electrons. The fraction of sp³-hybridized carbons (Fsp3) is 0.522. The van der Waals surface area contributed by atoms with Crippen molar-refractivity contribution >= 4 is 11.8 Å². The molecule has 1 fully saturated rings. The van der Waals surface area contributed by atoms with Gasteiger partial charge in [-0.2, -0.15) is 0 Å². The number of carbonyl (C=O) groups excluding carboxylic acids is 2. The van der Waals surface area contributed by atoms with Gasteiger partial charge in [-0.1, -0.05) is 13.8 Å². The van der Waals surface area contributed by atoms with Crippen molar-refractivity contribution in [3.63, 3.8) is 0 Å². The highest BCUT2D eigenvalue weighted by Crippen LogP contribution is 2.32. The van der Waals surface area contributed by atoms with E-state index in [-0.39, 0.29) is 35.9 Å². The molecule has 2 atom stereocenters. The summed E-state index contributed by atoms with van der Waals surface area (Å²) in [4.78, 5) is 53.9. The van der Waals surface area contributed by atoms with Gasteiger partial charge in [0.2, 0.25) is 5.91 Å². The smallest absolute Gasteiger partial charge is 0.256 e. The molecule has 4 heterocycles. The molecule has 8 heteroatoms. The maximum absolute atomic E-state index is 12.9. The third kappa shape index (κ3) is 3.98. The van der Waals surface area contributed by atoms with Crippen molar-refractivity contribution in [2.75, 3.05) is 13.1 Å². The second-order valence-corrected chi connectivity index (χ2v) is 8.54. The number of nitrogens with one attached hydrogen (secondary N) is 1. The number of carbonyl (C=O) groups is 2. The van der Waals surface area contributed by atoms with E-state index < -0.39 is 0 Å². The molecular weight excluding hydrogens is 394 g/mol. The van der Waals surface area contributed by atoms with Crippen LogP contribution in [-0.4, -0.2) is 49.7 Å². The Morgan fingerprint density at radius 2 is 2.13 bits per heavy atom. The zero-order chi connectivity index (χ0) is 22.1. The minimum atomic E-state index is -0.216. The van der Waals surface area contributed by atoms with Crippen molar-refractivity contribution in [2.24, 2.45) is 5.92 Å². The number of hydrogen-bond acceptors (Lipinski definition) is 5. The molecule has 4 rings (SSSR count). The van der Waals surface area contributed by atoms with Crippen LogP contribution >= 0.6 is 0 Å². The van der Waals surface area contributed by atoms with Gasteiger partial charge in [0, 0.05) is 43.4 Å². The highest BCUT2D eigenvalue weighted by atomic mass is 16.2. The van der Waals surface area contributed by atoms with Crippen LogP contribution in [0.3, 0.4) is 0 Å². The first-order valence-electron chi connectivity index (χ1n) is 11.0. The topological polar surface area (TPSA) is 99.3 Å². The fourth-order valence-corrected chi connectivity index (χ4v) is 4.43. The summed E-state index contributed by atoms with van der Waals surface area (Å²) in [6.45, 7) is 7.24. The number of aryl methyl sites for hydroxylation is 1. The summed E-state index contributed by atoms with van der Waals surface area (Å²) in [5.41, 5.74) is 2.47. The van der Waals surface area contributed by atoms with Crippen LogP contribution in [0.2, 0.25) is 0 Å². The molecule has 0 spiro atoms. The van der Waals surface area contributed by atoms with Crippen molar-refractivity contribution in [1.29, 1.82) is 0 Å². The van der Waals surface area contributed by atoms with Crippen LogP contribution in [-0.2, 0) is 17.8 Å². The molecule has 0 bridgehead atoms. The van der Waals surface area contributed by atoms with E-state index in [9.17, 15) is 14.4 Å². The highest BCUT2D eigenvalue weighted by Gasteiger charge is 2.35. The van der Waals surface area contributed by atoms with E-state index in [0.717, 1.165) is 30.5 Å². The van der Waals surface area contributed by atoms with E-state index in [4.69, 9.17) is 4.98 Å². The summed E-state index contributed by atoms with van der Waals surface area (Å²) in [6.07, 6.45) is 6.29. The van der Waals surface area contributed by atoms with Crippen LogP contribution in [0.25, 0.3) is 0 Å². The molecule has 8 nitrogen and oxygen atoms in total. The molecular formula is C23H29N5O3. The molecule has 0 unspecified atom stereocenters. The average molecular weight is 424 g/mol. The van der Waals surface area contributed by atoms with E-state index in [2.05, 4.69) is 9.97 Å². The Kier molecular flexibility index (Phi) is 5.89. The largest absolute Gasteiger partial charge is 0.334 e. The first kappa shape index (κ1) is 21.2. The van der Waals surface area contributed by atoms with Gasteiger partial charge in [0.05, 0.1) is 23.8 Å². The van der Waals surface area contributed by atoms with E-state index in [0.29, 0.717) is 36.5 Å².